The second-order valence-corrected chi connectivity index (χ2v) is 8.47. The molecule has 0 unspecified atom stereocenters. The van der Waals surface area contributed by atoms with Crippen molar-refractivity contribution >= 4 is 35.1 Å². The van der Waals surface area contributed by atoms with Crippen molar-refractivity contribution in [3.05, 3.63) is 83.4 Å². The fourth-order valence-corrected chi connectivity index (χ4v) is 3.80. The molecule has 1 aliphatic heterocycles. The molecule has 0 radical (unpaired) electrons. The molecule has 3 aromatic rings. The average molecular weight is 494 g/mol. The Morgan fingerprint density at radius 1 is 0.943 bits per heavy atom. The highest BCUT2D eigenvalue weighted by Gasteiger charge is 2.49. The lowest BCUT2D eigenvalue weighted by Crippen LogP contribution is -2.42. The summed E-state index contributed by atoms with van der Waals surface area (Å²) in [5.41, 5.74) is -0.199. The van der Waals surface area contributed by atoms with E-state index in [-0.39, 0.29) is 0 Å². The molecule has 1 fully saturated rings. The Hall–Kier alpha value is -4.04. The molecule has 3 aromatic carbocycles. The average Bonchev–Trinajstić information content (AvgIpc) is 3.06. The molecule has 4 rings (SSSR count). The third kappa shape index (κ3) is 5.38. The van der Waals surface area contributed by atoms with Gasteiger partial charge >= 0.3 is 6.03 Å². The zero-order valence-corrected chi connectivity index (χ0v) is 20.0. The normalized spacial score (nSPS) is 17.2. The Labute approximate surface area is 207 Å². The van der Waals surface area contributed by atoms with Crippen LogP contribution in [0.15, 0.2) is 72.8 Å². The monoisotopic (exact) mass is 493 g/mol. The van der Waals surface area contributed by atoms with Gasteiger partial charge in [0.2, 0.25) is 5.91 Å². The molecule has 1 atom stereocenters. The van der Waals surface area contributed by atoms with Crippen LogP contribution in [-0.4, -0.2) is 35.9 Å². The number of halogens is 1. The van der Waals surface area contributed by atoms with E-state index in [1.54, 1.807) is 67.6 Å². The van der Waals surface area contributed by atoms with Crippen LogP contribution in [-0.2, 0) is 15.1 Å². The van der Waals surface area contributed by atoms with Gasteiger partial charge in [-0.3, -0.25) is 14.5 Å². The van der Waals surface area contributed by atoms with E-state index < -0.39 is 29.9 Å². The number of rotatable bonds is 8. The molecule has 1 aliphatic rings. The Bertz CT molecular complexity index is 1230. The van der Waals surface area contributed by atoms with Crippen LogP contribution < -0.4 is 20.1 Å². The number of urea groups is 1. The highest BCUT2D eigenvalue weighted by Crippen LogP contribution is 2.30. The van der Waals surface area contributed by atoms with Gasteiger partial charge in [0, 0.05) is 10.7 Å². The van der Waals surface area contributed by atoms with E-state index in [1.807, 2.05) is 19.1 Å². The molecule has 35 heavy (non-hydrogen) atoms. The first kappa shape index (κ1) is 24.1. The van der Waals surface area contributed by atoms with Gasteiger partial charge in [-0.2, -0.15) is 0 Å². The van der Waals surface area contributed by atoms with Crippen LogP contribution in [0.3, 0.4) is 0 Å². The highest BCUT2D eigenvalue weighted by molar-refractivity contribution is 6.30. The van der Waals surface area contributed by atoms with Gasteiger partial charge in [-0.25, -0.2) is 4.79 Å². The maximum atomic E-state index is 13.0. The number of amides is 4. The summed E-state index contributed by atoms with van der Waals surface area (Å²) < 4.78 is 11.2. The van der Waals surface area contributed by atoms with E-state index in [9.17, 15) is 14.4 Å². The van der Waals surface area contributed by atoms with Gasteiger partial charge in [-0.05, 0) is 80.1 Å². The van der Waals surface area contributed by atoms with E-state index >= 15 is 0 Å². The number of imide groups is 1. The Balaban J connectivity index is 1.35. The molecule has 1 heterocycles. The summed E-state index contributed by atoms with van der Waals surface area (Å²) >= 11 is 5.92. The van der Waals surface area contributed by atoms with E-state index in [0.717, 1.165) is 10.6 Å². The quantitative estimate of drug-likeness (QED) is 0.433. The van der Waals surface area contributed by atoms with E-state index in [1.165, 1.54) is 0 Å². The van der Waals surface area contributed by atoms with Crippen molar-refractivity contribution in [2.24, 2.45) is 0 Å². The molecule has 2 N–H and O–H groups in total. The van der Waals surface area contributed by atoms with Gasteiger partial charge in [0.15, 0.2) is 0 Å². The number of hydrogen-bond donors (Lipinski definition) is 2. The standard InChI is InChI=1S/C26H24ClN3O5/c1-3-34-20-12-14-22(15-13-20)35-21-10-8-19(9-11-21)28-23(31)16-30-24(32)26(2,29-25(30)33)17-4-6-18(27)7-5-17/h4-15H,3,16H2,1-2H3,(H,28,31)(H,29,33)/t26-/m0/s1. The Morgan fingerprint density at radius 2 is 1.51 bits per heavy atom. The zero-order valence-electron chi connectivity index (χ0n) is 19.2. The highest BCUT2D eigenvalue weighted by atomic mass is 35.5. The number of anilines is 1. The molecule has 0 saturated carbocycles. The number of nitrogens with zero attached hydrogens (tertiary/aromatic N) is 1. The zero-order chi connectivity index (χ0) is 25.0. The van der Waals surface area contributed by atoms with E-state index in [2.05, 4.69) is 10.6 Å². The van der Waals surface area contributed by atoms with Crippen LogP contribution in [0.25, 0.3) is 0 Å². The maximum absolute atomic E-state index is 13.0. The number of carbonyl (C=O) groups is 3. The van der Waals surface area contributed by atoms with Crippen molar-refractivity contribution in [3.63, 3.8) is 0 Å². The van der Waals surface area contributed by atoms with Crippen LogP contribution in [0.1, 0.15) is 19.4 Å². The number of nitrogens with one attached hydrogen (secondary N) is 2. The van der Waals surface area contributed by atoms with E-state index in [4.69, 9.17) is 21.1 Å². The van der Waals surface area contributed by atoms with Crippen molar-refractivity contribution in [3.8, 4) is 17.2 Å². The van der Waals surface area contributed by atoms with Crippen LogP contribution in [0.2, 0.25) is 5.02 Å². The predicted molar refractivity (Wildman–Crippen MR) is 132 cm³/mol. The fraction of sp³-hybridized carbons (Fsp3) is 0.192. The van der Waals surface area contributed by atoms with Crippen molar-refractivity contribution in [2.45, 2.75) is 19.4 Å². The van der Waals surface area contributed by atoms with E-state index in [0.29, 0.717) is 34.4 Å². The summed E-state index contributed by atoms with van der Waals surface area (Å²) in [4.78, 5) is 38.9. The molecule has 0 spiro atoms. The SMILES string of the molecule is CCOc1ccc(Oc2ccc(NC(=O)CN3C(=O)N[C@@](C)(c4ccc(Cl)cc4)C3=O)cc2)cc1. The predicted octanol–water partition coefficient (Wildman–Crippen LogP) is 4.94. The molecule has 4 amide bonds. The smallest absolute Gasteiger partial charge is 0.325 e. The van der Waals surface area contributed by atoms with Crippen molar-refractivity contribution < 1.29 is 23.9 Å². The lowest BCUT2D eigenvalue weighted by molar-refractivity contribution is -0.133. The second kappa shape index (κ2) is 10.1. The summed E-state index contributed by atoms with van der Waals surface area (Å²) in [6, 6.07) is 20.0. The molecular weight excluding hydrogens is 470 g/mol. The summed E-state index contributed by atoms with van der Waals surface area (Å²) in [7, 11) is 0. The van der Waals surface area contributed by atoms with Crippen molar-refractivity contribution in [2.75, 3.05) is 18.5 Å². The molecule has 180 valence electrons. The third-order valence-corrected chi connectivity index (χ3v) is 5.76. The van der Waals surface area contributed by atoms with Gasteiger partial charge in [-0.15, -0.1) is 0 Å². The first-order chi connectivity index (χ1) is 16.8. The minimum Gasteiger partial charge on any atom is -0.494 e. The molecule has 9 heteroatoms. The molecule has 0 bridgehead atoms. The lowest BCUT2D eigenvalue weighted by Gasteiger charge is -2.22. The van der Waals surface area contributed by atoms with Crippen molar-refractivity contribution in [1.82, 2.24) is 10.2 Å². The first-order valence-electron chi connectivity index (χ1n) is 11.0. The number of ether oxygens (including phenoxy) is 2. The number of hydrogen-bond acceptors (Lipinski definition) is 5. The van der Waals surface area contributed by atoms with Crippen LogP contribution in [0.4, 0.5) is 10.5 Å². The largest absolute Gasteiger partial charge is 0.494 e. The van der Waals surface area contributed by atoms with Gasteiger partial charge < -0.3 is 20.1 Å². The van der Waals surface area contributed by atoms with Crippen LogP contribution >= 0.6 is 11.6 Å². The van der Waals surface area contributed by atoms with Crippen LogP contribution in [0.5, 0.6) is 17.2 Å². The second-order valence-electron chi connectivity index (χ2n) is 8.03. The molecular formula is C26H24ClN3O5. The number of benzene rings is 3. The van der Waals surface area contributed by atoms with Gasteiger partial charge in [-0.1, -0.05) is 23.7 Å². The third-order valence-electron chi connectivity index (χ3n) is 5.51. The summed E-state index contributed by atoms with van der Waals surface area (Å²) in [6.45, 7) is 3.68. The molecule has 1 saturated heterocycles. The fourth-order valence-electron chi connectivity index (χ4n) is 3.68. The molecule has 8 nitrogen and oxygen atoms in total. The van der Waals surface area contributed by atoms with Gasteiger partial charge in [0.05, 0.1) is 6.61 Å². The maximum Gasteiger partial charge on any atom is 0.325 e. The number of carbonyl (C=O) groups excluding carboxylic acids is 3. The Kier molecular flexibility index (Phi) is 6.93. The van der Waals surface area contributed by atoms with Crippen LogP contribution in [0, 0.1) is 0 Å². The molecule has 0 aromatic heterocycles. The summed E-state index contributed by atoms with van der Waals surface area (Å²) in [6.07, 6.45) is 0. The summed E-state index contributed by atoms with van der Waals surface area (Å²) in [5, 5.41) is 5.88. The lowest BCUT2D eigenvalue weighted by atomic mass is 9.92. The minimum absolute atomic E-state index is 0.418. The van der Waals surface area contributed by atoms with Gasteiger partial charge in [0.1, 0.15) is 29.3 Å². The van der Waals surface area contributed by atoms with Gasteiger partial charge in [0.25, 0.3) is 5.91 Å². The van der Waals surface area contributed by atoms with Crippen molar-refractivity contribution in [1.29, 1.82) is 0 Å². The Morgan fingerprint density at radius 3 is 2.11 bits per heavy atom. The molecule has 0 aliphatic carbocycles. The summed E-state index contributed by atoms with van der Waals surface area (Å²) in [5.74, 6) is 0.970. The first-order valence-corrected chi connectivity index (χ1v) is 11.4. The minimum atomic E-state index is -1.28. The topological polar surface area (TPSA) is 97.0 Å².